The molecule has 3 aromatic rings. The van der Waals surface area contributed by atoms with Gasteiger partial charge in [-0.15, -0.1) is 0 Å². The Morgan fingerprint density at radius 2 is 2.04 bits per heavy atom. The molecule has 7 heteroatoms. The molecular weight excluding hydrogens is 404 g/mol. The van der Waals surface area contributed by atoms with Gasteiger partial charge < -0.3 is 19.6 Å². The van der Waals surface area contributed by atoms with E-state index >= 15 is 0 Å². The summed E-state index contributed by atoms with van der Waals surface area (Å²) in [7, 11) is 1.61. The van der Waals surface area contributed by atoms with Crippen LogP contribution in [0.4, 0.5) is 0 Å². The van der Waals surface area contributed by atoms with Crippen LogP contribution in [0.5, 0.6) is 23.1 Å². The minimum Gasteiger partial charge on any atom is -0.508 e. The smallest absolute Gasteiger partial charge is 0.205 e. The van der Waals surface area contributed by atoms with Gasteiger partial charge in [0.05, 0.1) is 12.7 Å². The minimum absolute atomic E-state index is 0.195. The Morgan fingerprint density at radius 1 is 1.28 bits per heavy atom. The number of nitrogens with zero attached hydrogens (tertiary/aromatic N) is 1. The lowest BCUT2D eigenvalue weighted by Gasteiger charge is -2.22. The van der Waals surface area contributed by atoms with Gasteiger partial charge in [0.1, 0.15) is 16.2 Å². The molecular formula is C18H13BrN2O3S. The first kappa shape index (κ1) is 16.1. The number of fused-ring (bicyclic) bond motifs is 2. The van der Waals surface area contributed by atoms with Crippen LogP contribution in [0.25, 0.3) is 11.4 Å². The average Bonchev–Trinajstić information content (AvgIpc) is 2.60. The number of methoxy groups -OCH3 is 1. The molecule has 1 aliphatic rings. The standard InChI is InChI=1S/C18H13BrN2O3S/c1-23-14-8-11(19)6-10-7-13-17(24-15(10)14)20-16(21-18(13)25)9-2-4-12(22)5-3-9/h2-6,8,22H,7H2,1H3,(H,20,21,25). The van der Waals surface area contributed by atoms with E-state index in [4.69, 9.17) is 21.7 Å². The van der Waals surface area contributed by atoms with Gasteiger partial charge in [0.25, 0.3) is 0 Å². The maximum atomic E-state index is 9.45. The van der Waals surface area contributed by atoms with Crippen molar-refractivity contribution in [1.82, 2.24) is 9.97 Å². The number of H-pyrrole nitrogens is 1. The van der Waals surface area contributed by atoms with Crippen molar-refractivity contribution < 1.29 is 14.6 Å². The fourth-order valence-electron chi connectivity index (χ4n) is 2.79. The molecule has 2 aromatic carbocycles. The van der Waals surface area contributed by atoms with Crippen LogP contribution in [-0.4, -0.2) is 22.2 Å². The monoisotopic (exact) mass is 416 g/mol. The summed E-state index contributed by atoms with van der Waals surface area (Å²) in [6, 6.07) is 10.6. The maximum absolute atomic E-state index is 9.45. The predicted molar refractivity (Wildman–Crippen MR) is 100 cm³/mol. The van der Waals surface area contributed by atoms with Crippen LogP contribution in [0.15, 0.2) is 40.9 Å². The third kappa shape index (κ3) is 2.89. The molecule has 0 radical (unpaired) electrons. The van der Waals surface area contributed by atoms with Crippen LogP contribution in [-0.2, 0) is 6.42 Å². The van der Waals surface area contributed by atoms with Crippen LogP contribution in [0.3, 0.4) is 0 Å². The Kier molecular flexibility index (Phi) is 3.97. The zero-order chi connectivity index (χ0) is 17.6. The molecule has 0 aliphatic carbocycles. The molecule has 5 nitrogen and oxygen atoms in total. The van der Waals surface area contributed by atoms with Gasteiger partial charge in [0, 0.05) is 22.0 Å². The molecule has 1 aliphatic heterocycles. The van der Waals surface area contributed by atoms with Crippen LogP contribution in [0, 0.1) is 4.64 Å². The molecule has 4 rings (SSSR count). The van der Waals surface area contributed by atoms with Crippen molar-refractivity contribution in [1.29, 1.82) is 0 Å². The van der Waals surface area contributed by atoms with Crippen LogP contribution in [0.2, 0.25) is 0 Å². The molecule has 0 saturated carbocycles. The second kappa shape index (κ2) is 6.16. The van der Waals surface area contributed by atoms with Gasteiger partial charge in [-0.05, 0) is 36.4 Å². The number of halogens is 1. The molecule has 0 amide bonds. The van der Waals surface area contributed by atoms with Crippen molar-refractivity contribution in [3.05, 3.63) is 56.6 Å². The summed E-state index contributed by atoms with van der Waals surface area (Å²) in [6.07, 6.45) is 0.610. The number of phenolic OH excluding ortho intramolecular Hbond substituents is 1. The first-order chi connectivity index (χ1) is 12.0. The highest BCUT2D eigenvalue weighted by molar-refractivity contribution is 9.10. The fourth-order valence-corrected chi connectivity index (χ4v) is 3.53. The third-order valence-corrected chi connectivity index (χ3v) is 4.80. The first-order valence-corrected chi connectivity index (χ1v) is 8.72. The van der Waals surface area contributed by atoms with E-state index in [1.807, 2.05) is 12.1 Å². The van der Waals surface area contributed by atoms with Gasteiger partial charge in [0.15, 0.2) is 11.5 Å². The molecule has 126 valence electrons. The lowest BCUT2D eigenvalue weighted by Crippen LogP contribution is -2.09. The number of aromatic nitrogens is 2. The Hall–Kier alpha value is -2.38. The van der Waals surface area contributed by atoms with E-state index in [2.05, 4.69) is 25.9 Å². The van der Waals surface area contributed by atoms with E-state index in [1.165, 1.54) is 0 Å². The van der Waals surface area contributed by atoms with Crippen LogP contribution in [0.1, 0.15) is 11.1 Å². The second-order valence-corrected chi connectivity index (χ2v) is 6.92. The normalized spacial score (nSPS) is 12.1. The van der Waals surface area contributed by atoms with Crippen molar-refractivity contribution in [2.75, 3.05) is 7.11 Å². The highest BCUT2D eigenvalue weighted by atomic mass is 79.9. The Labute approximate surface area is 157 Å². The minimum atomic E-state index is 0.195. The van der Waals surface area contributed by atoms with Gasteiger partial charge in [-0.2, -0.15) is 0 Å². The number of rotatable bonds is 2. The van der Waals surface area contributed by atoms with Crippen LogP contribution >= 0.6 is 28.1 Å². The fraction of sp³-hybridized carbons (Fsp3) is 0.111. The topological polar surface area (TPSA) is 67.4 Å². The molecule has 25 heavy (non-hydrogen) atoms. The summed E-state index contributed by atoms with van der Waals surface area (Å²) in [5, 5.41) is 9.45. The van der Waals surface area contributed by atoms with E-state index in [0.717, 1.165) is 21.2 Å². The van der Waals surface area contributed by atoms with E-state index in [1.54, 1.807) is 31.4 Å². The molecule has 1 aromatic heterocycles. The van der Waals surface area contributed by atoms with Gasteiger partial charge in [-0.1, -0.05) is 28.1 Å². The zero-order valence-corrected chi connectivity index (χ0v) is 15.6. The number of benzene rings is 2. The van der Waals surface area contributed by atoms with E-state index in [-0.39, 0.29) is 5.75 Å². The SMILES string of the molecule is COc1cc(Br)cc2c1Oc1[nH]c(-c3ccc(O)cc3)nc(=S)c1C2. The van der Waals surface area contributed by atoms with E-state index in [0.29, 0.717) is 34.3 Å². The summed E-state index contributed by atoms with van der Waals surface area (Å²) >= 11 is 8.95. The summed E-state index contributed by atoms with van der Waals surface area (Å²) in [5.41, 5.74) is 2.63. The molecule has 0 atom stereocenters. The second-order valence-electron chi connectivity index (χ2n) is 5.62. The number of nitrogens with one attached hydrogen (secondary N) is 1. The Balaban J connectivity index is 1.83. The van der Waals surface area contributed by atoms with Crippen molar-refractivity contribution in [3.8, 4) is 34.5 Å². The summed E-state index contributed by atoms with van der Waals surface area (Å²) in [5.74, 6) is 2.67. The summed E-state index contributed by atoms with van der Waals surface area (Å²) < 4.78 is 12.9. The number of hydrogen-bond donors (Lipinski definition) is 2. The van der Waals surface area contributed by atoms with Gasteiger partial charge >= 0.3 is 0 Å². The van der Waals surface area contributed by atoms with E-state index in [9.17, 15) is 5.11 Å². The Bertz CT molecular complexity index is 1030. The molecule has 0 bridgehead atoms. The lowest BCUT2D eigenvalue weighted by atomic mass is 10.0. The molecule has 2 N–H and O–H groups in total. The molecule has 2 heterocycles. The number of ether oxygens (including phenoxy) is 2. The molecule has 0 fully saturated rings. The quantitative estimate of drug-likeness (QED) is 0.451. The number of hydrogen-bond acceptors (Lipinski definition) is 5. The lowest BCUT2D eigenvalue weighted by molar-refractivity contribution is 0.365. The highest BCUT2D eigenvalue weighted by Crippen LogP contribution is 2.43. The average molecular weight is 417 g/mol. The van der Waals surface area contributed by atoms with Crippen molar-refractivity contribution in [3.63, 3.8) is 0 Å². The first-order valence-electron chi connectivity index (χ1n) is 7.52. The van der Waals surface area contributed by atoms with Gasteiger partial charge in [-0.25, -0.2) is 4.98 Å². The molecule has 0 spiro atoms. The Morgan fingerprint density at radius 3 is 2.76 bits per heavy atom. The summed E-state index contributed by atoms with van der Waals surface area (Å²) in [6.45, 7) is 0. The number of aromatic hydroxyl groups is 1. The van der Waals surface area contributed by atoms with Gasteiger partial charge in [-0.3, -0.25) is 0 Å². The molecule has 0 saturated heterocycles. The highest BCUT2D eigenvalue weighted by Gasteiger charge is 2.24. The van der Waals surface area contributed by atoms with Crippen molar-refractivity contribution in [2.24, 2.45) is 0 Å². The maximum Gasteiger partial charge on any atom is 0.205 e. The summed E-state index contributed by atoms with van der Waals surface area (Å²) in [4.78, 5) is 7.68. The van der Waals surface area contributed by atoms with E-state index < -0.39 is 0 Å². The third-order valence-electron chi connectivity index (χ3n) is 4.01. The largest absolute Gasteiger partial charge is 0.508 e. The predicted octanol–water partition coefficient (Wildman–Crippen LogP) is 4.98. The van der Waals surface area contributed by atoms with Crippen LogP contribution < -0.4 is 9.47 Å². The molecule has 0 unspecified atom stereocenters. The number of aromatic amines is 1. The number of phenols is 1. The van der Waals surface area contributed by atoms with Gasteiger partial charge in [0.2, 0.25) is 5.88 Å². The van der Waals surface area contributed by atoms with Crippen molar-refractivity contribution in [2.45, 2.75) is 6.42 Å². The van der Waals surface area contributed by atoms with Crippen molar-refractivity contribution >= 4 is 28.1 Å². The zero-order valence-electron chi connectivity index (χ0n) is 13.2.